The van der Waals surface area contributed by atoms with Gasteiger partial charge in [0.1, 0.15) is 0 Å². The summed E-state index contributed by atoms with van der Waals surface area (Å²) in [6.07, 6.45) is 0. The molecule has 482 valence electrons. The first-order chi connectivity index (χ1) is 50.9. The lowest BCUT2D eigenvalue weighted by molar-refractivity contribution is 0.660. The van der Waals surface area contributed by atoms with Crippen LogP contribution in [0.25, 0.3) is 100 Å². The van der Waals surface area contributed by atoms with Crippen molar-refractivity contribution in [3.05, 3.63) is 432 Å². The van der Waals surface area contributed by atoms with Crippen molar-refractivity contribution in [2.45, 2.75) is 30.1 Å². The Kier molecular flexibility index (Phi) is 12.9. The van der Waals surface area contributed by atoms with Gasteiger partial charge in [-0.1, -0.05) is 323 Å². The molecule has 16 aromatic rings. The highest BCUT2D eigenvalue weighted by atomic mass is 15.2. The summed E-state index contributed by atoms with van der Waals surface area (Å²) in [5.74, 6) is 0. The molecular weight excluding hydrogens is 1240 g/mol. The summed E-state index contributed by atoms with van der Waals surface area (Å²) in [7, 11) is 0. The lowest BCUT2D eigenvalue weighted by Crippen LogP contribution is -2.28. The third kappa shape index (κ3) is 8.38. The van der Waals surface area contributed by atoms with Crippen molar-refractivity contribution in [1.82, 2.24) is 0 Å². The van der Waals surface area contributed by atoms with E-state index >= 15 is 0 Å². The van der Waals surface area contributed by atoms with E-state index in [1.807, 2.05) is 0 Å². The van der Waals surface area contributed by atoms with Crippen LogP contribution in [0.1, 0.15) is 69.5 Å². The molecule has 16 aromatic carbocycles. The van der Waals surface area contributed by atoms with E-state index in [1.54, 1.807) is 0 Å². The largest absolute Gasteiger partial charge is 0.310 e. The van der Waals surface area contributed by atoms with Gasteiger partial charge in [0.05, 0.1) is 27.9 Å². The molecule has 0 unspecified atom stereocenters. The maximum Gasteiger partial charge on any atom is 0.0746 e. The average Bonchev–Trinajstić information content (AvgIpc) is 1.51. The van der Waals surface area contributed by atoms with E-state index in [0.717, 1.165) is 50.8 Å². The molecule has 2 spiro atoms. The summed E-state index contributed by atoms with van der Waals surface area (Å²) < 4.78 is 0. The van der Waals surface area contributed by atoms with Crippen molar-refractivity contribution in [2.24, 2.45) is 0 Å². The van der Waals surface area contributed by atoms with E-state index in [1.165, 1.54) is 139 Å². The van der Waals surface area contributed by atoms with Crippen molar-refractivity contribution in [1.29, 1.82) is 0 Å². The minimum atomic E-state index is -0.656. The van der Waals surface area contributed by atoms with E-state index in [0.29, 0.717) is 0 Å². The standard InChI is InChI=1S/C101H68N2/c1-99(2)86-41-16-9-33-76(86)82-60-59-74(64-93(82)99)103(94-47-22-15-32-75(94)68-28-7-4-8-29-68)96-49-25-40-84-85-63-71(54-61-92(85)101(98(84)96)89-44-19-12-36-79(89)80-37-13-20-45-90(80)101)70-31-23-30-69(62-70)67-52-57-73(58-53-67)102(72-55-50-66(51-56-72)65-26-5-3-6-27-65)95-48-24-39-83-81-38-14-21-46-91(81)100(97(83)95)87-42-17-10-34-77(87)78-35-11-18-43-88(78)100/h3-64H,1-2H3. The number of benzene rings is 16. The second kappa shape index (κ2) is 22.6. The molecule has 0 aliphatic heterocycles. The van der Waals surface area contributed by atoms with Crippen LogP contribution in [0.3, 0.4) is 0 Å². The van der Waals surface area contributed by atoms with E-state index in [2.05, 4.69) is 400 Å². The molecule has 0 fully saturated rings. The lowest BCUT2D eigenvalue weighted by atomic mass is 9.69. The Morgan fingerprint density at radius 1 is 0.175 bits per heavy atom. The van der Waals surface area contributed by atoms with Crippen LogP contribution in [-0.2, 0) is 16.2 Å². The molecule has 2 heteroatoms. The molecule has 5 aliphatic carbocycles. The van der Waals surface area contributed by atoms with Crippen molar-refractivity contribution in [2.75, 3.05) is 9.80 Å². The Hall–Kier alpha value is -12.9. The highest BCUT2D eigenvalue weighted by molar-refractivity contribution is 6.04. The number of hydrogen-bond donors (Lipinski definition) is 0. The zero-order valence-corrected chi connectivity index (χ0v) is 57.2. The van der Waals surface area contributed by atoms with E-state index in [4.69, 9.17) is 0 Å². The second-order valence-electron chi connectivity index (χ2n) is 28.9. The molecule has 0 atom stereocenters. The fourth-order valence-electron chi connectivity index (χ4n) is 19.2. The van der Waals surface area contributed by atoms with Gasteiger partial charge in [0.15, 0.2) is 0 Å². The van der Waals surface area contributed by atoms with Gasteiger partial charge in [-0.05, 0) is 206 Å². The van der Waals surface area contributed by atoms with Crippen molar-refractivity contribution in [3.8, 4) is 100 Å². The summed E-state index contributed by atoms with van der Waals surface area (Å²) in [5, 5.41) is 0. The predicted octanol–water partition coefficient (Wildman–Crippen LogP) is 26.3. The quantitative estimate of drug-likeness (QED) is 0.135. The molecule has 0 bridgehead atoms. The maximum absolute atomic E-state index is 2.60. The normalized spacial score (nSPS) is 14.0. The van der Waals surface area contributed by atoms with Gasteiger partial charge < -0.3 is 9.80 Å². The van der Waals surface area contributed by atoms with Crippen LogP contribution in [0.2, 0.25) is 0 Å². The van der Waals surface area contributed by atoms with Crippen LogP contribution in [0.15, 0.2) is 376 Å². The Bertz CT molecular complexity index is 6050. The van der Waals surface area contributed by atoms with Crippen molar-refractivity contribution in [3.63, 3.8) is 0 Å². The van der Waals surface area contributed by atoms with Crippen molar-refractivity contribution >= 4 is 34.1 Å². The summed E-state index contributed by atoms with van der Waals surface area (Å²) >= 11 is 0. The zero-order valence-electron chi connectivity index (χ0n) is 57.2. The van der Waals surface area contributed by atoms with Gasteiger partial charge in [-0.25, -0.2) is 0 Å². The van der Waals surface area contributed by atoms with Crippen LogP contribution in [-0.4, -0.2) is 0 Å². The number of rotatable bonds is 10. The molecule has 0 N–H and O–H groups in total. The molecule has 0 heterocycles. The Morgan fingerprint density at radius 3 is 1.03 bits per heavy atom. The SMILES string of the molecule is CC1(C)c2ccccc2-c2ccc(N(c3ccccc3-c3ccccc3)c3cccc4c3C3(c5ccccc5-c5ccccc53)c3ccc(-c5cccc(-c6ccc(N(c7ccc(-c8ccccc8)cc7)c7cccc8c7C7(c9ccccc9-c9ccccc97)c7ccccc7-8)cc6)c5)cc3-4)cc21. The van der Waals surface area contributed by atoms with Gasteiger partial charge in [-0.2, -0.15) is 0 Å². The Balaban J connectivity index is 0.717. The van der Waals surface area contributed by atoms with E-state index in [-0.39, 0.29) is 5.41 Å². The van der Waals surface area contributed by atoms with E-state index in [9.17, 15) is 0 Å². The maximum atomic E-state index is 2.60. The highest BCUT2D eigenvalue weighted by Crippen LogP contribution is 2.68. The molecule has 0 saturated carbocycles. The summed E-state index contributed by atoms with van der Waals surface area (Å²) in [6, 6.07) is 142. The van der Waals surface area contributed by atoms with Crippen LogP contribution < -0.4 is 9.80 Å². The minimum absolute atomic E-state index is 0.209. The van der Waals surface area contributed by atoms with E-state index < -0.39 is 10.8 Å². The molecule has 0 amide bonds. The molecule has 21 rings (SSSR count). The van der Waals surface area contributed by atoms with Crippen molar-refractivity contribution < 1.29 is 0 Å². The van der Waals surface area contributed by atoms with Crippen LogP contribution in [0.4, 0.5) is 34.1 Å². The van der Waals surface area contributed by atoms with Gasteiger partial charge in [-0.3, -0.25) is 0 Å². The third-order valence-corrected chi connectivity index (χ3v) is 23.5. The van der Waals surface area contributed by atoms with Crippen LogP contribution >= 0.6 is 0 Å². The lowest BCUT2D eigenvalue weighted by Gasteiger charge is -2.37. The number of para-hydroxylation sites is 1. The monoisotopic (exact) mass is 1310 g/mol. The van der Waals surface area contributed by atoms with Crippen LogP contribution in [0.5, 0.6) is 0 Å². The fraction of sp³-hybridized carbons (Fsp3) is 0.0495. The molecule has 103 heavy (non-hydrogen) atoms. The van der Waals surface area contributed by atoms with Gasteiger partial charge in [0.2, 0.25) is 0 Å². The average molecular weight is 1310 g/mol. The molecule has 0 radical (unpaired) electrons. The molecule has 5 aliphatic rings. The number of hydrogen-bond acceptors (Lipinski definition) is 2. The Labute approximate surface area is 602 Å². The number of nitrogens with zero attached hydrogens (tertiary/aromatic N) is 2. The molecule has 0 saturated heterocycles. The van der Waals surface area contributed by atoms with Gasteiger partial charge >= 0.3 is 0 Å². The third-order valence-electron chi connectivity index (χ3n) is 23.5. The second-order valence-corrected chi connectivity index (χ2v) is 28.9. The van der Waals surface area contributed by atoms with Gasteiger partial charge in [-0.15, -0.1) is 0 Å². The minimum Gasteiger partial charge on any atom is -0.310 e. The predicted molar refractivity (Wildman–Crippen MR) is 428 cm³/mol. The van der Waals surface area contributed by atoms with Gasteiger partial charge in [0.25, 0.3) is 0 Å². The summed E-state index contributed by atoms with van der Waals surface area (Å²) in [4.78, 5) is 5.11. The first kappa shape index (κ1) is 59.0. The summed E-state index contributed by atoms with van der Waals surface area (Å²) in [6.45, 7) is 4.79. The fourth-order valence-corrected chi connectivity index (χ4v) is 19.2. The van der Waals surface area contributed by atoms with Crippen LogP contribution in [0, 0.1) is 0 Å². The zero-order chi connectivity index (χ0) is 68.1. The smallest absolute Gasteiger partial charge is 0.0746 e. The first-order valence-corrected chi connectivity index (χ1v) is 36.1. The Morgan fingerprint density at radius 2 is 0.495 bits per heavy atom. The van der Waals surface area contributed by atoms with Gasteiger partial charge in [0, 0.05) is 39.2 Å². The molecule has 0 aromatic heterocycles. The first-order valence-electron chi connectivity index (χ1n) is 36.1. The molecule has 2 nitrogen and oxygen atoms in total. The number of fused-ring (bicyclic) bond motifs is 23. The number of anilines is 6. The highest BCUT2D eigenvalue weighted by Gasteiger charge is 2.55. The topological polar surface area (TPSA) is 6.48 Å². The summed E-state index contributed by atoms with van der Waals surface area (Å²) in [5.41, 5.74) is 40.6. The molecular formula is C101H68N2.